The molecule has 0 aliphatic carbocycles. The number of β-amino-alcohol motifs (C(OH)–C–C–N with tert-alkyl or cyclic N) is 1. The van der Waals surface area contributed by atoms with Gasteiger partial charge in [-0.25, -0.2) is 14.4 Å². The Kier molecular flexibility index (Phi) is 3.17. The summed E-state index contributed by atoms with van der Waals surface area (Å²) >= 11 is 0. The van der Waals surface area contributed by atoms with Crippen LogP contribution in [-0.4, -0.2) is 35.7 Å². The first-order chi connectivity index (χ1) is 7.74. The fourth-order valence-corrected chi connectivity index (χ4v) is 1.83. The summed E-state index contributed by atoms with van der Waals surface area (Å²) in [4.78, 5) is 11.6. The van der Waals surface area contributed by atoms with Gasteiger partial charge in [0.25, 0.3) is 0 Å². The van der Waals surface area contributed by atoms with Gasteiger partial charge in [0.05, 0.1) is 12.3 Å². The molecule has 0 spiro atoms. The fourth-order valence-electron chi connectivity index (χ4n) is 1.83. The number of nitrogens with zero attached hydrogens (tertiary/aromatic N) is 2. The third-order valence-electron chi connectivity index (χ3n) is 2.54. The van der Waals surface area contributed by atoms with Gasteiger partial charge in [0.2, 0.25) is 5.91 Å². The lowest BCUT2D eigenvalue weighted by Crippen LogP contribution is -2.41. The van der Waals surface area contributed by atoms with Crippen molar-refractivity contribution in [2.75, 3.05) is 24.7 Å². The maximum atomic E-state index is 13.5. The molecular formula is C11H13FN2O2. The molecule has 0 saturated carbocycles. The Labute approximate surface area is 92.9 Å². The summed E-state index contributed by atoms with van der Waals surface area (Å²) in [5.41, 5.74) is 0.249. The first-order valence-corrected chi connectivity index (χ1v) is 5.17. The fraction of sp³-hybridized carbons (Fsp3) is 0.364. The molecule has 86 valence electrons. The average Bonchev–Trinajstić information content (AvgIpc) is 2.62. The minimum atomic E-state index is -0.430. The lowest BCUT2D eigenvalue weighted by molar-refractivity contribution is -0.118. The lowest BCUT2D eigenvalue weighted by Gasteiger charge is -2.27. The molecule has 4 nitrogen and oxygen atoms in total. The number of anilines is 1. The molecular weight excluding hydrogens is 211 g/mol. The van der Waals surface area contributed by atoms with E-state index in [2.05, 4.69) is 0 Å². The standard InChI is InChI=1S/C11H13FN2O2/c12-9-3-1-2-4-10(9)14-11(16)5-6-13(14)7-8-15/h1-4,15H,5-8H2. The van der Waals surface area contributed by atoms with Gasteiger partial charge < -0.3 is 5.11 Å². The summed E-state index contributed by atoms with van der Waals surface area (Å²) in [6.45, 7) is 0.798. The molecule has 0 aromatic heterocycles. The van der Waals surface area contributed by atoms with Crippen LogP contribution < -0.4 is 5.01 Å². The largest absolute Gasteiger partial charge is 0.395 e. The highest BCUT2D eigenvalue weighted by atomic mass is 19.1. The number of aliphatic hydroxyl groups is 1. The van der Waals surface area contributed by atoms with Crippen LogP contribution in [0.5, 0.6) is 0 Å². The summed E-state index contributed by atoms with van der Waals surface area (Å²) in [6.07, 6.45) is 0.355. The van der Waals surface area contributed by atoms with Crippen LogP contribution in [0.1, 0.15) is 6.42 Å². The van der Waals surface area contributed by atoms with Crippen molar-refractivity contribution in [2.45, 2.75) is 6.42 Å². The van der Waals surface area contributed by atoms with E-state index in [9.17, 15) is 9.18 Å². The number of hydrogen-bond acceptors (Lipinski definition) is 3. The molecule has 1 saturated heterocycles. The van der Waals surface area contributed by atoms with Crippen molar-refractivity contribution in [3.05, 3.63) is 30.1 Å². The van der Waals surface area contributed by atoms with E-state index >= 15 is 0 Å². The van der Waals surface area contributed by atoms with E-state index in [0.29, 0.717) is 19.5 Å². The number of rotatable bonds is 3. The van der Waals surface area contributed by atoms with Gasteiger partial charge in [0.15, 0.2) is 0 Å². The van der Waals surface area contributed by atoms with Gasteiger partial charge in [-0.1, -0.05) is 12.1 Å². The van der Waals surface area contributed by atoms with Gasteiger partial charge in [0.1, 0.15) is 5.82 Å². The molecule has 1 fully saturated rings. The van der Waals surface area contributed by atoms with Gasteiger partial charge >= 0.3 is 0 Å². The first kappa shape index (κ1) is 11.0. The van der Waals surface area contributed by atoms with Gasteiger partial charge in [-0.05, 0) is 12.1 Å². The van der Waals surface area contributed by atoms with E-state index in [-0.39, 0.29) is 18.2 Å². The molecule has 2 rings (SSSR count). The molecule has 1 N–H and O–H groups in total. The number of aliphatic hydroxyl groups excluding tert-OH is 1. The van der Waals surface area contributed by atoms with Crippen molar-refractivity contribution in [1.82, 2.24) is 5.01 Å². The maximum Gasteiger partial charge on any atom is 0.243 e. The SMILES string of the molecule is O=C1CCN(CCO)N1c1ccccc1F. The van der Waals surface area contributed by atoms with Crippen LogP contribution in [0.15, 0.2) is 24.3 Å². The molecule has 1 aliphatic rings. The van der Waals surface area contributed by atoms with E-state index in [0.717, 1.165) is 0 Å². The Bertz CT molecular complexity index is 397. The highest BCUT2D eigenvalue weighted by Crippen LogP contribution is 2.24. The average molecular weight is 224 g/mol. The second-order valence-corrected chi connectivity index (χ2v) is 3.58. The number of hydrazine groups is 1. The Hall–Kier alpha value is -1.46. The summed E-state index contributed by atoms with van der Waals surface area (Å²) in [5.74, 6) is -0.570. The smallest absolute Gasteiger partial charge is 0.243 e. The zero-order chi connectivity index (χ0) is 11.5. The third-order valence-corrected chi connectivity index (χ3v) is 2.54. The molecule has 0 atom stereocenters. The number of para-hydroxylation sites is 1. The van der Waals surface area contributed by atoms with E-state index in [1.54, 1.807) is 23.2 Å². The number of halogens is 1. The second-order valence-electron chi connectivity index (χ2n) is 3.58. The van der Waals surface area contributed by atoms with E-state index in [1.807, 2.05) is 0 Å². The molecule has 1 aromatic rings. The summed E-state index contributed by atoms with van der Waals surface area (Å²) in [7, 11) is 0. The van der Waals surface area contributed by atoms with Crippen molar-refractivity contribution in [1.29, 1.82) is 0 Å². The molecule has 0 bridgehead atoms. The summed E-state index contributed by atoms with van der Waals surface area (Å²) < 4.78 is 13.5. The predicted octanol–water partition coefficient (Wildman–Crippen LogP) is 0.772. The van der Waals surface area contributed by atoms with E-state index in [1.165, 1.54) is 11.1 Å². The highest BCUT2D eigenvalue weighted by Gasteiger charge is 2.31. The van der Waals surface area contributed by atoms with E-state index in [4.69, 9.17) is 5.11 Å². The van der Waals surface area contributed by atoms with Gasteiger partial charge in [-0.2, -0.15) is 0 Å². The van der Waals surface area contributed by atoms with Crippen LogP contribution >= 0.6 is 0 Å². The molecule has 1 aromatic carbocycles. The monoisotopic (exact) mass is 224 g/mol. The second kappa shape index (κ2) is 4.59. The van der Waals surface area contributed by atoms with Crippen LogP contribution in [0.25, 0.3) is 0 Å². The Morgan fingerprint density at radius 1 is 1.38 bits per heavy atom. The van der Waals surface area contributed by atoms with Crippen LogP contribution in [0.3, 0.4) is 0 Å². The Balaban J connectivity index is 2.30. The van der Waals surface area contributed by atoms with Crippen molar-refractivity contribution >= 4 is 11.6 Å². The normalized spacial score (nSPS) is 17.1. The minimum Gasteiger partial charge on any atom is -0.395 e. The third kappa shape index (κ3) is 1.91. The summed E-state index contributed by atoms with van der Waals surface area (Å²) in [6, 6.07) is 6.14. The number of carbonyl (C=O) groups excluding carboxylic acids is 1. The Morgan fingerprint density at radius 3 is 2.81 bits per heavy atom. The van der Waals surface area contributed by atoms with Gasteiger partial charge in [-0.3, -0.25) is 4.79 Å². The molecule has 1 heterocycles. The van der Waals surface area contributed by atoms with Crippen molar-refractivity contribution in [2.24, 2.45) is 0 Å². The molecule has 0 radical (unpaired) electrons. The number of amides is 1. The first-order valence-electron chi connectivity index (χ1n) is 5.17. The van der Waals surface area contributed by atoms with Crippen molar-refractivity contribution in [3.63, 3.8) is 0 Å². The molecule has 1 aliphatic heterocycles. The van der Waals surface area contributed by atoms with Crippen LogP contribution in [0.4, 0.5) is 10.1 Å². The van der Waals surface area contributed by atoms with Gasteiger partial charge in [0, 0.05) is 19.5 Å². The topological polar surface area (TPSA) is 43.8 Å². The zero-order valence-electron chi connectivity index (χ0n) is 8.77. The highest BCUT2D eigenvalue weighted by molar-refractivity contribution is 5.94. The minimum absolute atomic E-state index is 0.0573. The van der Waals surface area contributed by atoms with Crippen molar-refractivity contribution < 1.29 is 14.3 Å². The van der Waals surface area contributed by atoms with Crippen molar-refractivity contribution in [3.8, 4) is 0 Å². The number of hydrogen-bond donors (Lipinski definition) is 1. The quantitative estimate of drug-likeness (QED) is 0.824. The van der Waals surface area contributed by atoms with Crippen LogP contribution in [-0.2, 0) is 4.79 Å². The maximum absolute atomic E-state index is 13.5. The number of carbonyl (C=O) groups is 1. The summed E-state index contributed by atoms with van der Waals surface area (Å²) in [5, 5.41) is 11.8. The molecule has 1 amide bonds. The van der Waals surface area contributed by atoms with Gasteiger partial charge in [-0.15, -0.1) is 0 Å². The predicted molar refractivity (Wildman–Crippen MR) is 57.2 cm³/mol. The molecule has 0 unspecified atom stereocenters. The van der Waals surface area contributed by atoms with E-state index < -0.39 is 5.82 Å². The van der Waals surface area contributed by atoms with Crippen LogP contribution in [0.2, 0.25) is 0 Å². The molecule has 16 heavy (non-hydrogen) atoms. The molecule has 5 heteroatoms. The number of benzene rings is 1. The van der Waals surface area contributed by atoms with Crippen LogP contribution in [0, 0.1) is 5.82 Å². The lowest BCUT2D eigenvalue weighted by atomic mass is 10.3. The Morgan fingerprint density at radius 2 is 2.12 bits per heavy atom. The zero-order valence-corrected chi connectivity index (χ0v) is 8.77.